The highest BCUT2D eigenvalue weighted by molar-refractivity contribution is 8.00. The Bertz CT molecular complexity index is 443. The second-order valence-electron chi connectivity index (χ2n) is 6.84. The molecular weight excluding hydrogens is 347 g/mol. The Morgan fingerprint density at radius 1 is 1.13 bits per heavy atom. The highest BCUT2D eigenvalue weighted by Gasteiger charge is 2.25. The molecule has 2 rings (SSSR count). The largest absolute Gasteiger partial charge is 0.314 e. The quantitative estimate of drug-likeness (QED) is 0.711. The van der Waals surface area contributed by atoms with E-state index in [4.69, 9.17) is 0 Å². The van der Waals surface area contributed by atoms with E-state index < -0.39 is 0 Å². The zero-order valence-electron chi connectivity index (χ0n) is 14.8. The molecule has 1 aromatic rings. The monoisotopic (exact) mass is 378 g/mol. The molecule has 1 aliphatic rings. The van der Waals surface area contributed by atoms with E-state index in [0.717, 1.165) is 13.1 Å². The first-order valence-corrected chi connectivity index (χ1v) is 9.05. The van der Waals surface area contributed by atoms with Crippen LogP contribution in [0.4, 0.5) is 0 Å². The molecule has 0 amide bonds. The lowest BCUT2D eigenvalue weighted by molar-refractivity contribution is 0.163. The molecule has 0 spiro atoms. The molecule has 134 valence electrons. The van der Waals surface area contributed by atoms with Crippen molar-refractivity contribution in [1.29, 1.82) is 0 Å². The van der Waals surface area contributed by atoms with Crippen molar-refractivity contribution in [2.24, 2.45) is 0 Å². The van der Waals surface area contributed by atoms with E-state index in [0.29, 0.717) is 6.04 Å². The minimum Gasteiger partial charge on any atom is -0.314 e. The molecule has 1 aliphatic heterocycles. The second kappa shape index (κ2) is 10.8. The van der Waals surface area contributed by atoms with E-state index in [-0.39, 0.29) is 29.6 Å². The van der Waals surface area contributed by atoms with Gasteiger partial charge in [-0.3, -0.25) is 4.90 Å². The van der Waals surface area contributed by atoms with Crippen LogP contribution in [0.25, 0.3) is 0 Å². The van der Waals surface area contributed by atoms with Gasteiger partial charge in [0.2, 0.25) is 0 Å². The second-order valence-corrected chi connectivity index (χ2v) is 8.71. The average Bonchev–Trinajstić information content (AvgIpc) is 2.45. The Labute approximate surface area is 159 Å². The number of benzene rings is 1. The van der Waals surface area contributed by atoms with Crippen LogP contribution >= 0.6 is 36.6 Å². The van der Waals surface area contributed by atoms with Gasteiger partial charge in [0, 0.05) is 41.9 Å². The summed E-state index contributed by atoms with van der Waals surface area (Å²) in [5.74, 6) is 0. The van der Waals surface area contributed by atoms with Crippen molar-refractivity contribution < 1.29 is 0 Å². The molecule has 1 fully saturated rings. The molecule has 0 radical (unpaired) electrons. The highest BCUT2D eigenvalue weighted by Crippen LogP contribution is 2.39. The van der Waals surface area contributed by atoms with Gasteiger partial charge < -0.3 is 5.32 Å². The van der Waals surface area contributed by atoms with Crippen LogP contribution in [0.1, 0.15) is 52.1 Å². The molecule has 0 saturated carbocycles. The summed E-state index contributed by atoms with van der Waals surface area (Å²) in [5.41, 5.74) is 1.53. The van der Waals surface area contributed by atoms with Gasteiger partial charge in [0.1, 0.15) is 0 Å². The van der Waals surface area contributed by atoms with Crippen LogP contribution in [0.15, 0.2) is 29.2 Å². The number of rotatable bonds is 5. The number of piperazine rings is 1. The fourth-order valence-corrected chi connectivity index (χ4v) is 4.11. The predicted molar refractivity (Wildman–Crippen MR) is 109 cm³/mol. The highest BCUT2D eigenvalue weighted by atomic mass is 35.5. The summed E-state index contributed by atoms with van der Waals surface area (Å²) in [6.45, 7) is 13.8. The third-order valence-electron chi connectivity index (χ3n) is 3.85. The van der Waals surface area contributed by atoms with Gasteiger partial charge >= 0.3 is 0 Å². The molecule has 1 N–H and O–H groups in total. The lowest BCUT2D eigenvalue weighted by Gasteiger charge is -2.36. The molecule has 1 atom stereocenters. The van der Waals surface area contributed by atoms with Crippen LogP contribution in [0.2, 0.25) is 0 Å². The Morgan fingerprint density at radius 2 is 1.74 bits per heavy atom. The molecule has 0 aliphatic carbocycles. The van der Waals surface area contributed by atoms with E-state index in [9.17, 15) is 0 Å². The van der Waals surface area contributed by atoms with Gasteiger partial charge in [-0.25, -0.2) is 0 Å². The lowest BCUT2D eigenvalue weighted by atomic mass is 10.00. The summed E-state index contributed by atoms with van der Waals surface area (Å²) in [6, 6.07) is 9.60. The Morgan fingerprint density at radius 3 is 2.30 bits per heavy atom. The van der Waals surface area contributed by atoms with Gasteiger partial charge in [-0.15, -0.1) is 36.6 Å². The summed E-state index contributed by atoms with van der Waals surface area (Å²) in [6.07, 6.45) is 2.49. The summed E-state index contributed by atoms with van der Waals surface area (Å²) >= 11 is 2.00. The van der Waals surface area contributed by atoms with Crippen molar-refractivity contribution in [3.8, 4) is 0 Å². The standard InChI is InChI=1S/C18H30N2S.2ClH/c1-5-8-16(20-13-11-19-12-14-20)15-9-6-7-10-17(15)21-18(2,3)4;;/h6-7,9-10,16,19H,5,8,11-14H2,1-4H3;2*1H/t16-;;/m0../s1. The zero-order chi connectivity index (χ0) is 15.3. The van der Waals surface area contributed by atoms with Crippen molar-refractivity contribution >= 4 is 36.6 Å². The number of hydrogen-bond acceptors (Lipinski definition) is 3. The summed E-state index contributed by atoms with van der Waals surface area (Å²) in [7, 11) is 0. The van der Waals surface area contributed by atoms with Gasteiger partial charge in [-0.2, -0.15) is 0 Å². The van der Waals surface area contributed by atoms with Crippen molar-refractivity contribution in [1.82, 2.24) is 10.2 Å². The van der Waals surface area contributed by atoms with Gasteiger partial charge in [-0.1, -0.05) is 52.3 Å². The number of nitrogens with one attached hydrogen (secondary N) is 1. The maximum absolute atomic E-state index is 3.47. The normalized spacial score (nSPS) is 17.0. The first-order chi connectivity index (χ1) is 10.0. The van der Waals surface area contributed by atoms with Gasteiger partial charge in [0.25, 0.3) is 0 Å². The van der Waals surface area contributed by atoms with Crippen molar-refractivity contribution in [3.05, 3.63) is 29.8 Å². The van der Waals surface area contributed by atoms with Crippen molar-refractivity contribution in [2.75, 3.05) is 26.2 Å². The topological polar surface area (TPSA) is 15.3 Å². The summed E-state index contributed by atoms with van der Waals surface area (Å²) in [5, 5.41) is 3.47. The fourth-order valence-electron chi connectivity index (χ4n) is 2.98. The van der Waals surface area contributed by atoms with Crippen LogP contribution in [0.3, 0.4) is 0 Å². The van der Waals surface area contributed by atoms with Crippen LogP contribution in [0.5, 0.6) is 0 Å². The fraction of sp³-hybridized carbons (Fsp3) is 0.667. The molecule has 5 heteroatoms. The van der Waals surface area contributed by atoms with E-state index >= 15 is 0 Å². The molecule has 23 heavy (non-hydrogen) atoms. The van der Waals surface area contributed by atoms with Crippen LogP contribution in [0, 0.1) is 0 Å². The minimum atomic E-state index is 0. The molecule has 1 heterocycles. The van der Waals surface area contributed by atoms with E-state index in [1.165, 1.54) is 36.4 Å². The molecule has 0 bridgehead atoms. The van der Waals surface area contributed by atoms with Gasteiger partial charge in [0.15, 0.2) is 0 Å². The van der Waals surface area contributed by atoms with Crippen LogP contribution < -0.4 is 5.32 Å². The molecule has 1 saturated heterocycles. The number of hydrogen-bond donors (Lipinski definition) is 1. The Hall–Kier alpha value is 0.0700. The third kappa shape index (κ3) is 7.23. The van der Waals surface area contributed by atoms with E-state index in [1.807, 2.05) is 11.8 Å². The average molecular weight is 379 g/mol. The van der Waals surface area contributed by atoms with Crippen LogP contribution in [-0.4, -0.2) is 35.8 Å². The Balaban J connectivity index is 0.00000242. The summed E-state index contributed by atoms with van der Waals surface area (Å²) in [4.78, 5) is 4.13. The lowest BCUT2D eigenvalue weighted by Crippen LogP contribution is -2.45. The first-order valence-electron chi connectivity index (χ1n) is 8.24. The van der Waals surface area contributed by atoms with E-state index in [2.05, 4.69) is 62.2 Å². The maximum atomic E-state index is 3.47. The number of nitrogens with zero attached hydrogens (tertiary/aromatic N) is 1. The first kappa shape index (κ1) is 23.1. The summed E-state index contributed by atoms with van der Waals surface area (Å²) < 4.78 is 0.260. The van der Waals surface area contributed by atoms with Crippen molar-refractivity contribution in [3.63, 3.8) is 0 Å². The molecule has 2 nitrogen and oxygen atoms in total. The molecular formula is C18H32Cl2N2S. The number of halogens is 2. The molecule has 0 aromatic heterocycles. The Kier molecular flexibility index (Phi) is 10.9. The minimum absolute atomic E-state index is 0. The van der Waals surface area contributed by atoms with E-state index in [1.54, 1.807) is 0 Å². The number of thioether (sulfide) groups is 1. The van der Waals surface area contributed by atoms with Crippen molar-refractivity contribution in [2.45, 2.75) is 56.2 Å². The maximum Gasteiger partial charge on any atom is 0.0360 e. The van der Waals surface area contributed by atoms with Gasteiger partial charge in [-0.05, 0) is 18.1 Å². The smallest absolute Gasteiger partial charge is 0.0360 e. The van der Waals surface area contributed by atoms with Crippen LogP contribution in [-0.2, 0) is 0 Å². The molecule has 0 unspecified atom stereocenters. The third-order valence-corrected chi connectivity index (χ3v) is 5.05. The predicted octanol–water partition coefficient (Wildman–Crippen LogP) is 5.17. The molecule has 1 aromatic carbocycles. The zero-order valence-corrected chi connectivity index (χ0v) is 17.3. The SMILES string of the molecule is CCC[C@@H](c1ccccc1SC(C)(C)C)N1CCNCC1.Cl.Cl. The van der Waals surface area contributed by atoms with Gasteiger partial charge in [0.05, 0.1) is 0 Å².